The van der Waals surface area contributed by atoms with Crippen molar-refractivity contribution in [3.8, 4) is 6.07 Å². The molecule has 1 saturated heterocycles. The van der Waals surface area contributed by atoms with Crippen LogP contribution in [0.2, 0.25) is 0 Å². The second kappa shape index (κ2) is 4.37. The Bertz CT molecular complexity index is 449. The smallest absolute Gasteiger partial charge is 0.101 e. The highest BCUT2D eigenvalue weighted by molar-refractivity contribution is 5.59. The first-order valence-corrected chi connectivity index (χ1v) is 6.51. The van der Waals surface area contributed by atoms with Gasteiger partial charge in [0.1, 0.15) is 6.07 Å². The van der Waals surface area contributed by atoms with Crippen molar-refractivity contribution < 1.29 is 0 Å². The van der Waals surface area contributed by atoms with Gasteiger partial charge in [0.2, 0.25) is 0 Å². The Morgan fingerprint density at radius 3 is 3.06 bits per heavy atom. The minimum atomic E-state index is 0.653. The molecule has 0 amide bonds. The molecule has 88 valence electrons. The van der Waals surface area contributed by atoms with Gasteiger partial charge in [-0.05, 0) is 31.2 Å². The summed E-state index contributed by atoms with van der Waals surface area (Å²) in [5.74, 6) is 0.843. The summed E-state index contributed by atoms with van der Waals surface area (Å²) in [5, 5.41) is 9.17. The van der Waals surface area contributed by atoms with Crippen molar-refractivity contribution >= 4 is 5.69 Å². The fourth-order valence-corrected chi connectivity index (χ4v) is 3.41. The quantitative estimate of drug-likeness (QED) is 0.740. The van der Waals surface area contributed by atoms with Gasteiger partial charge < -0.3 is 4.90 Å². The maximum atomic E-state index is 9.17. The summed E-state index contributed by atoms with van der Waals surface area (Å²) in [6, 6.07) is 4.76. The molecule has 2 heterocycles. The summed E-state index contributed by atoms with van der Waals surface area (Å²) in [5.41, 5.74) is 1.82. The lowest BCUT2D eigenvalue weighted by Gasteiger charge is -2.33. The van der Waals surface area contributed by atoms with E-state index in [1.54, 1.807) is 6.20 Å². The van der Waals surface area contributed by atoms with Crippen molar-refractivity contribution in [2.75, 3.05) is 11.4 Å². The highest BCUT2D eigenvalue weighted by atomic mass is 15.2. The molecule has 17 heavy (non-hydrogen) atoms. The van der Waals surface area contributed by atoms with Gasteiger partial charge in [0.15, 0.2) is 0 Å². The SMILES string of the molecule is N#Cc1ccncc1N1CCC2CCCCC21. The largest absolute Gasteiger partial charge is 0.366 e. The van der Waals surface area contributed by atoms with E-state index in [1.807, 2.05) is 12.3 Å². The molecule has 1 aromatic rings. The van der Waals surface area contributed by atoms with Gasteiger partial charge in [-0.25, -0.2) is 0 Å². The van der Waals surface area contributed by atoms with E-state index in [-0.39, 0.29) is 0 Å². The zero-order valence-corrected chi connectivity index (χ0v) is 9.97. The Morgan fingerprint density at radius 2 is 2.18 bits per heavy atom. The Labute approximate surface area is 102 Å². The summed E-state index contributed by atoms with van der Waals surface area (Å²) in [7, 11) is 0. The van der Waals surface area contributed by atoms with Gasteiger partial charge in [0, 0.05) is 18.8 Å². The van der Waals surface area contributed by atoms with Gasteiger partial charge >= 0.3 is 0 Å². The van der Waals surface area contributed by atoms with Crippen LogP contribution in [0.15, 0.2) is 18.5 Å². The molecule has 0 radical (unpaired) electrons. The van der Waals surface area contributed by atoms with Crippen LogP contribution >= 0.6 is 0 Å². The van der Waals surface area contributed by atoms with E-state index in [0.29, 0.717) is 6.04 Å². The van der Waals surface area contributed by atoms with Crippen LogP contribution < -0.4 is 4.90 Å². The number of rotatable bonds is 1. The van der Waals surface area contributed by atoms with Gasteiger partial charge in [-0.1, -0.05) is 12.8 Å². The Balaban J connectivity index is 1.92. The molecular formula is C14H17N3. The summed E-state index contributed by atoms with van der Waals surface area (Å²) >= 11 is 0. The number of hydrogen-bond acceptors (Lipinski definition) is 3. The van der Waals surface area contributed by atoms with Crippen molar-refractivity contribution in [2.45, 2.75) is 38.1 Å². The predicted octanol–water partition coefficient (Wildman–Crippen LogP) is 2.72. The Morgan fingerprint density at radius 1 is 1.29 bits per heavy atom. The van der Waals surface area contributed by atoms with Crippen LogP contribution in [-0.4, -0.2) is 17.6 Å². The predicted molar refractivity (Wildman–Crippen MR) is 66.7 cm³/mol. The third-order valence-electron chi connectivity index (χ3n) is 4.24. The Hall–Kier alpha value is -1.56. The molecule has 3 nitrogen and oxygen atoms in total. The van der Waals surface area contributed by atoms with Crippen LogP contribution in [0.5, 0.6) is 0 Å². The highest BCUT2D eigenvalue weighted by Gasteiger charge is 2.36. The van der Waals surface area contributed by atoms with Gasteiger partial charge in [-0.2, -0.15) is 5.26 Å². The average molecular weight is 227 g/mol. The third-order valence-corrected chi connectivity index (χ3v) is 4.24. The Kier molecular flexibility index (Phi) is 2.72. The van der Waals surface area contributed by atoms with E-state index in [4.69, 9.17) is 0 Å². The number of nitrogens with zero attached hydrogens (tertiary/aromatic N) is 3. The average Bonchev–Trinajstić information content (AvgIpc) is 2.82. The van der Waals surface area contributed by atoms with Crippen molar-refractivity contribution in [3.05, 3.63) is 24.0 Å². The fourth-order valence-electron chi connectivity index (χ4n) is 3.41. The summed E-state index contributed by atoms with van der Waals surface area (Å²) in [4.78, 5) is 6.61. The topological polar surface area (TPSA) is 39.9 Å². The molecule has 1 saturated carbocycles. The zero-order chi connectivity index (χ0) is 11.7. The number of pyridine rings is 1. The lowest BCUT2D eigenvalue weighted by molar-refractivity contribution is 0.342. The van der Waals surface area contributed by atoms with Gasteiger partial charge in [-0.3, -0.25) is 4.98 Å². The lowest BCUT2D eigenvalue weighted by atomic mass is 9.85. The van der Waals surface area contributed by atoms with Crippen LogP contribution in [0.25, 0.3) is 0 Å². The van der Waals surface area contributed by atoms with Crippen LogP contribution in [0.3, 0.4) is 0 Å². The second-order valence-corrected chi connectivity index (χ2v) is 5.10. The minimum Gasteiger partial charge on any atom is -0.366 e. The number of hydrogen-bond donors (Lipinski definition) is 0. The number of aromatic nitrogens is 1. The van der Waals surface area contributed by atoms with E-state index >= 15 is 0 Å². The standard InChI is InChI=1S/C14H17N3/c15-9-12-5-7-16-10-14(12)17-8-6-11-3-1-2-4-13(11)17/h5,7,10-11,13H,1-4,6,8H2. The van der Waals surface area contributed by atoms with Gasteiger partial charge in [0.05, 0.1) is 17.4 Å². The van der Waals surface area contributed by atoms with E-state index in [2.05, 4.69) is 16.0 Å². The number of anilines is 1. The van der Waals surface area contributed by atoms with E-state index in [0.717, 1.165) is 23.7 Å². The first-order valence-electron chi connectivity index (χ1n) is 6.51. The van der Waals surface area contributed by atoms with Crippen molar-refractivity contribution in [3.63, 3.8) is 0 Å². The van der Waals surface area contributed by atoms with E-state index in [1.165, 1.54) is 32.1 Å². The third kappa shape index (κ3) is 1.78. The molecule has 2 atom stereocenters. The monoisotopic (exact) mass is 227 g/mol. The molecule has 3 heteroatoms. The van der Waals surface area contributed by atoms with Crippen molar-refractivity contribution in [1.29, 1.82) is 5.26 Å². The lowest BCUT2D eigenvalue weighted by Crippen LogP contribution is -2.35. The normalized spacial score (nSPS) is 27.6. The molecule has 0 N–H and O–H groups in total. The van der Waals surface area contributed by atoms with Crippen LogP contribution in [0.4, 0.5) is 5.69 Å². The minimum absolute atomic E-state index is 0.653. The molecule has 2 unspecified atom stereocenters. The van der Waals surface area contributed by atoms with Crippen molar-refractivity contribution in [2.24, 2.45) is 5.92 Å². The van der Waals surface area contributed by atoms with Crippen molar-refractivity contribution in [1.82, 2.24) is 4.98 Å². The molecule has 1 aliphatic heterocycles. The zero-order valence-electron chi connectivity index (χ0n) is 9.97. The van der Waals surface area contributed by atoms with Crippen LogP contribution in [0, 0.1) is 17.2 Å². The summed E-state index contributed by atoms with van der Waals surface area (Å²) < 4.78 is 0. The summed E-state index contributed by atoms with van der Waals surface area (Å²) in [6.07, 6.45) is 10.2. The molecule has 3 rings (SSSR count). The van der Waals surface area contributed by atoms with Crippen LogP contribution in [0.1, 0.15) is 37.7 Å². The van der Waals surface area contributed by atoms with Gasteiger partial charge in [-0.15, -0.1) is 0 Å². The van der Waals surface area contributed by atoms with Gasteiger partial charge in [0.25, 0.3) is 0 Å². The molecular weight excluding hydrogens is 210 g/mol. The highest BCUT2D eigenvalue weighted by Crippen LogP contribution is 2.39. The number of nitriles is 1. The maximum Gasteiger partial charge on any atom is 0.101 e. The molecule has 0 aromatic carbocycles. The van der Waals surface area contributed by atoms with E-state index < -0.39 is 0 Å². The molecule has 0 bridgehead atoms. The molecule has 2 fully saturated rings. The first-order chi connectivity index (χ1) is 8.40. The molecule has 1 aromatic heterocycles. The summed E-state index contributed by atoms with van der Waals surface area (Å²) in [6.45, 7) is 1.09. The van der Waals surface area contributed by atoms with Crippen LogP contribution in [-0.2, 0) is 0 Å². The molecule has 1 aliphatic carbocycles. The maximum absolute atomic E-state index is 9.17. The molecule has 0 spiro atoms. The fraction of sp³-hybridized carbons (Fsp3) is 0.571. The first kappa shape index (κ1) is 10.6. The van der Waals surface area contributed by atoms with E-state index in [9.17, 15) is 5.26 Å². The second-order valence-electron chi connectivity index (χ2n) is 5.10. The molecule has 2 aliphatic rings. The number of fused-ring (bicyclic) bond motifs is 1.